The Bertz CT molecular complexity index is 691. The molecule has 24 heavy (non-hydrogen) atoms. The maximum atomic E-state index is 12.5. The highest BCUT2D eigenvalue weighted by molar-refractivity contribution is 7.92. The Labute approximate surface area is 145 Å². The normalized spacial score (nSPS) is 13.8. The standard InChI is InChI=1S/C16H25O6SSi/c1-16(2,3)12-9-11(7-8-13(12)21-4)15(22-24(5)6)23(19,20)10-14(17)18/h7-9,15H,10H2,1-6H3,(H,17,18). The second-order valence-corrected chi connectivity index (χ2v) is 10.9. The molecule has 1 aromatic rings. The van der Waals surface area contributed by atoms with E-state index in [2.05, 4.69) is 0 Å². The van der Waals surface area contributed by atoms with Crippen LogP contribution in [0.1, 0.15) is 37.3 Å². The van der Waals surface area contributed by atoms with Crippen LogP contribution in [0.25, 0.3) is 0 Å². The van der Waals surface area contributed by atoms with Gasteiger partial charge < -0.3 is 14.3 Å². The van der Waals surface area contributed by atoms with Crippen molar-refractivity contribution >= 4 is 24.8 Å². The minimum Gasteiger partial charge on any atom is -0.496 e. The predicted molar refractivity (Wildman–Crippen MR) is 94.4 cm³/mol. The van der Waals surface area contributed by atoms with Crippen molar-refractivity contribution in [2.24, 2.45) is 0 Å². The van der Waals surface area contributed by atoms with Crippen molar-refractivity contribution in [2.45, 2.75) is 44.7 Å². The van der Waals surface area contributed by atoms with Crippen LogP contribution in [-0.4, -0.2) is 41.4 Å². The molecule has 1 unspecified atom stereocenters. The molecule has 1 radical (unpaired) electrons. The monoisotopic (exact) mass is 373 g/mol. The quantitative estimate of drug-likeness (QED) is 0.739. The fraction of sp³-hybridized carbons (Fsp3) is 0.562. The van der Waals surface area contributed by atoms with E-state index in [4.69, 9.17) is 14.3 Å². The van der Waals surface area contributed by atoms with Crippen LogP contribution in [0.3, 0.4) is 0 Å². The zero-order valence-electron chi connectivity index (χ0n) is 14.9. The molecule has 0 aromatic heterocycles. The summed E-state index contributed by atoms with van der Waals surface area (Å²) in [5, 5.41) is 8.90. The summed E-state index contributed by atoms with van der Waals surface area (Å²) >= 11 is 0. The maximum absolute atomic E-state index is 12.5. The van der Waals surface area contributed by atoms with Gasteiger partial charge in [-0.25, -0.2) is 8.42 Å². The van der Waals surface area contributed by atoms with Gasteiger partial charge in [-0.2, -0.15) is 0 Å². The van der Waals surface area contributed by atoms with Crippen LogP contribution in [0.5, 0.6) is 5.75 Å². The van der Waals surface area contributed by atoms with Gasteiger partial charge in [0, 0.05) is 0 Å². The Hall–Kier alpha value is -1.38. The zero-order valence-corrected chi connectivity index (χ0v) is 16.7. The van der Waals surface area contributed by atoms with Gasteiger partial charge in [-0.15, -0.1) is 0 Å². The third-order valence-electron chi connectivity index (χ3n) is 3.30. The summed E-state index contributed by atoms with van der Waals surface area (Å²) in [5.74, 6) is -1.71. The van der Waals surface area contributed by atoms with Crippen LogP contribution in [0.2, 0.25) is 13.1 Å². The molecule has 1 atom stereocenters. The molecule has 0 heterocycles. The molecule has 0 spiro atoms. The Morgan fingerprint density at radius 1 is 1.29 bits per heavy atom. The van der Waals surface area contributed by atoms with Crippen LogP contribution < -0.4 is 4.74 Å². The van der Waals surface area contributed by atoms with Crippen LogP contribution >= 0.6 is 0 Å². The molecule has 1 N–H and O–H groups in total. The summed E-state index contributed by atoms with van der Waals surface area (Å²) in [7, 11) is -3.80. The fourth-order valence-electron chi connectivity index (χ4n) is 2.27. The van der Waals surface area contributed by atoms with Crippen molar-refractivity contribution < 1.29 is 27.5 Å². The first-order valence-electron chi connectivity index (χ1n) is 7.47. The first kappa shape index (κ1) is 20.7. The Balaban J connectivity index is 3.47. The van der Waals surface area contributed by atoms with E-state index in [1.807, 2.05) is 33.9 Å². The van der Waals surface area contributed by atoms with Gasteiger partial charge in [-0.3, -0.25) is 4.79 Å². The topological polar surface area (TPSA) is 89.9 Å². The van der Waals surface area contributed by atoms with E-state index >= 15 is 0 Å². The molecule has 0 saturated heterocycles. The third-order valence-corrected chi connectivity index (χ3v) is 5.85. The van der Waals surface area contributed by atoms with Gasteiger partial charge >= 0.3 is 5.97 Å². The number of rotatable bonds is 7. The van der Waals surface area contributed by atoms with Crippen molar-refractivity contribution in [2.75, 3.05) is 12.9 Å². The molecule has 135 valence electrons. The number of sulfone groups is 1. The first-order chi connectivity index (χ1) is 10.9. The van der Waals surface area contributed by atoms with E-state index < -0.39 is 36.0 Å². The number of aliphatic carboxylic acids is 1. The van der Waals surface area contributed by atoms with Crippen LogP contribution in [-0.2, 0) is 24.5 Å². The number of carboxylic acid groups (broad SMARTS) is 1. The van der Waals surface area contributed by atoms with Crippen LogP contribution in [0.15, 0.2) is 18.2 Å². The van der Waals surface area contributed by atoms with Gasteiger partial charge in [0.15, 0.2) is 21.0 Å². The number of carboxylic acids is 1. The number of benzene rings is 1. The predicted octanol–water partition coefficient (Wildman–Crippen LogP) is 2.76. The zero-order chi connectivity index (χ0) is 18.7. The van der Waals surface area contributed by atoms with Gasteiger partial charge in [0.25, 0.3) is 0 Å². The molecule has 0 aliphatic rings. The van der Waals surface area contributed by atoms with Gasteiger partial charge in [-0.05, 0) is 41.8 Å². The smallest absolute Gasteiger partial charge is 0.318 e. The van der Waals surface area contributed by atoms with E-state index in [1.54, 1.807) is 25.3 Å². The lowest BCUT2D eigenvalue weighted by Crippen LogP contribution is -2.27. The van der Waals surface area contributed by atoms with E-state index in [1.165, 1.54) is 0 Å². The maximum Gasteiger partial charge on any atom is 0.318 e. The van der Waals surface area contributed by atoms with Crippen molar-refractivity contribution in [3.8, 4) is 5.75 Å². The Morgan fingerprint density at radius 3 is 2.29 bits per heavy atom. The van der Waals surface area contributed by atoms with E-state index in [0.29, 0.717) is 11.3 Å². The number of hydrogen-bond donors (Lipinski definition) is 1. The highest BCUT2D eigenvalue weighted by Crippen LogP contribution is 2.35. The number of carbonyl (C=O) groups is 1. The molecule has 0 aliphatic carbocycles. The molecule has 0 fully saturated rings. The second kappa shape index (κ2) is 7.67. The van der Waals surface area contributed by atoms with Crippen molar-refractivity contribution in [3.05, 3.63) is 29.3 Å². The summed E-state index contributed by atoms with van der Waals surface area (Å²) in [6, 6.07) is 5.04. The Morgan fingerprint density at radius 2 is 1.88 bits per heavy atom. The lowest BCUT2D eigenvalue weighted by Gasteiger charge is -2.26. The minimum absolute atomic E-state index is 0.269. The van der Waals surface area contributed by atoms with Crippen LogP contribution in [0, 0.1) is 0 Å². The van der Waals surface area contributed by atoms with E-state index in [9.17, 15) is 13.2 Å². The SMILES string of the molecule is COc1ccc(C(O[Si](C)C)S(=O)(=O)CC(=O)O)cc1C(C)(C)C. The van der Waals surface area contributed by atoms with Gasteiger partial charge in [-0.1, -0.05) is 26.8 Å². The number of methoxy groups -OCH3 is 1. The first-order valence-corrected chi connectivity index (χ1v) is 11.6. The fourth-order valence-corrected chi connectivity index (χ4v) is 5.05. The minimum atomic E-state index is -3.99. The second-order valence-electron chi connectivity index (χ2n) is 6.77. The molecule has 1 aromatic carbocycles. The lowest BCUT2D eigenvalue weighted by atomic mass is 9.85. The average molecular weight is 374 g/mol. The molecule has 8 heteroatoms. The third kappa shape index (κ3) is 5.32. The molecule has 0 aliphatic heterocycles. The van der Waals surface area contributed by atoms with Crippen molar-refractivity contribution in [3.63, 3.8) is 0 Å². The molecule has 0 bridgehead atoms. The molecule has 0 amide bonds. The Kier molecular flexibility index (Phi) is 6.60. The number of hydrogen-bond acceptors (Lipinski definition) is 5. The summed E-state index contributed by atoms with van der Waals surface area (Å²) in [4.78, 5) is 10.9. The summed E-state index contributed by atoms with van der Waals surface area (Å²) in [6.07, 6.45) is 0. The average Bonchev–Trinajstić information content (AvgIpc) is 2.41. The molecular formula is C16H25O6SSi. The molecule has 6 nitrogen and oxygen atoms in total. The highest BCUT2D eigenvalue weighted by Gasteiger charge is 2.33. The van der Waals surface area contributed by atoms with E-state index in [-0.39, 0.29) is 5.41 Å². The van der Waals surface area contributed by atoms with Gasteiger partial charge in [0.05, 0.1) is 7.11 Å². The van der Waals surface area contributed by atoms with Crippen LogP contribution in [0.4, 0.5) is 0 Å². The summed E-state index contributed by atoms with van der Waals surface area (Å²) < 4.78 is 36.0. The van der Waals surface area contributed by atoms with Crippen molar-refractivity contribution in [1.29, 1.82) is 0 Å². The lowest BCUT2D eigenvalue weighted by molar-refractivity contribution is -0.134. The summed E-state index contributed by atoms with van der Waals surface area (Å²) in [6.45, 7) is 9.59. The van der Waals surface area contributed by atoms with Gasteiger partial charge in [0.2, 0.25) is 9.04 Å². The molecule has 1 rings (SSSR count). The largest absolute Gasteiger partial charge is 0.496 e. The van der Waals surface area contributed by atoms with Gasteiger partial charge in [0.1, 0.15) is 5.75 Å². The molecular weight excluding hydrogens is 348 g/mol. The highest BCUT2D eigenvalue weighted by atomic mass is 32.2. The molecule has 0 saturated carbocycles. The summed E-state index contributed by atoms with van der Waals surface area (Å²) in [5.41, 5.74) is -0.297. The number of ether oxygens (including phenoxy) is 1. The van der Waals surface area contributed by atoms with E-state index in [0.717, 1.165) is 5.56 Å². The van der Waals surface area contributed by atoms with Crippen molar-refractivity contribution in [1.82, 2.24) is 0 Å².